The zero-order valence-corrected chi connectivity index (χ0v) is 16.9. The van der Waals surface area contributed by atoms with Crippen molar-refractivity contribution < 1.29 is 14.3 Å². The third-order valence-corrected chi connectivity index (χ3v) is 4.55. The lowest BCUT2D eigenvalue weighted by Crippen LogP contribution is -2.32. The number of carbonyl (C=O) groups excluding carboxylic acids is 2. The Bertz CT molecular complexity index is 781. The number of hydrogen-bond donors (Lipinski definition) is 1. The molecule has 0 fully saturated rings. The summed E-state index contributed by atoms with van der Waals surface area (Å²) in [5.74, 6) is 0.429. The van der Waals surface area contributed by atoms with Gasteiger partial charge in [0, 0.05) is 47.2 Å². The van der Waals surface area contributed by atoms with E-state index in [1.807, 2.05) is 18.2 Å². The zero-order chi connectivity index (χ0) is 19.1. The molecule has 0 unspecified atom stereocenters. The van der Waals surface area contributed by atoms with Crippen molar-refractivity contribution in [2.75, 3.05) is 20.7 Å². The summed E-state index contributed by atoms with van der Waals surface area (Å²) in [6, 6.07) is 12.3. The molecule has 0 aliphatic heterocycles. The molecule has 7 heteroatoms. The Kier molecular flexibility index (Phi) is 7.48. The third-order valence-electron chi connectivity index (χ3n) is 3.81. The van der Waals surface area contributed by atoms with E-state index in [2.05, 4.69) is 21.2 Å². The molecule has 1 N–H and O–H groups in total. The fraction of sp³-hybridized carbons (Fsp3) is 0.263. The Labute approximate surface area is 166 Å². The molecule has 0 spiro atoms. The van der Waals surface area contributed by atoms with Crippen LogP contribution in [0.5, 0.6) is 5.75 Å². The number of rotatable bonds is 7. The van der Waals surface area contributed by atoms with Gasteiger partial charge in [-0.1, -0.05) is 27.5 Å². The lowest BCUT2D eigenvalue weighted by Gasteiger charge is -2.19. The van der Waals surface area contributed by atoms with Gasteiger partial charge in [-0.15, -0.1) is 0 Å². The van der Waals surface area contributed by atoms with Gasteiger partial charge >= 0.3 is 0 Å². The second-order valence-corrected chi connectivity index (χ2v) is 7.07. The van der Waals surface area contributed by atoms with Crippen molar-refractivity contribution in [1.82, 2.24) is 10.2 Å². The van der Waals surface area contributed by atoms with Crippen molar-refractivity contribution in [2.45, 2.75) is 13.0 Å². The monoisotopic (exact) mass is 438 g/mol. The molecular formula is C19H20BrClN2O3. The summed E-state index contributed by atoms with van der Waals surface area (Å²) >= 11 is 9.22. The van der Waals surface area contributed by atoms with Gasteiger partial charge < -0.3 is 15.0 Å². The van der Waals surface area contributed by atoms with Crippen molar-refractivity contribution in [3.05, 3.63) is 63.1 Å². The number of nitrogens with zero attached hydrogens (tertiary/aromatic N) is 1. The van der Waals surface area contributed by atoms with Crippen LogP contribution in [-0.2, 0) is 11.3 Å². The summed E-state index contributed by atoms with van der Waals surface area (Å²) < 4.78 is 6.25. The van der Waals surface area contributed by atoms with Gasteiger partial charge in [-0.05, 0) is 42.5 Å². The van der Waals surface area contributed by atoms with Crippen LogP contribution >= 0.6 is 27.5 Å². The number of ether oxygens (including phenoxy) is 1. The Morgan fingerprint density at radius 1 is 1.19 bits per heavy atom. The van der Waals surface area contributed by atoms with E-state index < -0.39 is 0 Å². The third kappa shape index (κ3) is 5.75. The second kappa shape index (κ2) is 9.59. The standard InChI is InChI=1S/C19H20BrClN2O3/c1-23(12-14-11-15(20)5-8-17(14)26-2)18(24)9-10-22-19(25)13-3-6-16(21)7-4-13/h3-8,11H,9-10,12H2,1-2H3,(H,22,25). The Morgan fingerprint density at radius 3 is 2.54 bits per heavy atom. The molecule has 138 valence electrons. The summed E-state index contributed by atoms with van der Waals surface area (Å²) in [5, 5.41) is 3.31. The fourth-order valence-corrected chi connectivity index (χ4v) is 2.93. The van der Waals surface area contributed by atoms with E-state index in [4.69, 9.17) is 16.3 Å². The predicted molar refractivity (Wildman–Crippen MR) is 106 cm³/mol. The van der Waals surface area contributed by atoms with Crippen molar-refractivity contribution in [1.29, 1.82) is 0 Å². The first-order valence-corrected chi connectivity index (χ1v) is 9.18. The smallest absolute Gasteiger partial charge is 0.251 e. The lowest BCUT2D eigenvalue weighted by atomic mass is 10.2. The molecule has 0 saturated heterocycles. The van der Waals surface area contributed by atoms with Crippen LogP contribution < -0.4 is 10.1 Å². The second-order valence-electron chi connectivity index (χ2n) is 5.72. The van der Waals surface area contributed by atoms with Crippen LogP contribution in [0, 0.1) is 0 Å². The molecule has 0 radical (unpaired) electrons. The average Bonchev–Trinajstić information content (AvgIpc) is 2.62. The number of hydrogen-bond acceptors (Lipinski definition) is 3. The van der Waals surface area contributed by atoms with E-state index in [1.54, 1.807) is 43.3 Å². The van der Waals surface area contributed by atoms with Crippen molar-refractivity contribution in [2.24, 2.45) is 0 Å². The highest BCUT2D eigenvalue weighted by atomic mass is 79.9. The molecular weight excluding hydrogens is 420 g/mol. The summed E-state index contributed by atoms with van der Waals surface area (Å²) in [7, 11) is 3.32. The number of halogens is 2. The summed E-state index contributed by atoms with van der Waals surface area (Å²) in [6.45, 7) is 0.687. The molecule has 0 heterocycles. The van der Waals surface area contributed by atoms with Gasteiger partial charge in [0.25, 0.3) is 5.91 Å². The van der Waals surface area contributed by atoms with Crippen molar-refractivity contribution >= 4 is 39.3 Å². The minimum atomic E-state index is -0.231. The first-order valence-electron chi connectivity index (χ1n) is 8.01. The largest absolute Gasteiger partial charge is 0.496 e. The molecule has 0 bridgehead atoms. The minimum absolute atomic E-state index is 0.0663. The van der Waals surface area contributed by atoms with Crippen LogP contribution in [-0.4, -0.2) is 37.4 Å². The quantitative estimate of drug-likeness (QED) is 0.712. The first kappa shape index (κ1) is 20.3. The first-order chi connectivity index (χ1) is 12.4. The molecule has 0 saturated carbocycles. The number of methoxy groups -OCH3 is 1. The van der Waals surface area contributed by atoms with E-state index in [0.29, 0.717) is 17.1 Å². The van der Waals surface area contributed by atoms with Crippen LogP contribution in [0.25, 0.3) is 0 Å². The van der Waals surface area contributed by atoms with Crippen LogP contribution in [0.4, 0.5) is 0 Å². The highest BCUT2D eigenvalue weighted by molar-refractivity contribution is 9.10. The fourth-order valence-electron chi connectivity index (χ4n) is 2.39. The highest BCUT2D eigenvalue weighted by Crippen LogP contribution is 2.24. The van der Waals surface area contributed by atoms with Gasteiger partial charge in [0.05, 0.1) is 7.11 Å². The Morgan fingerprint density at radius 2 is 1.88 bits per heavy atom. The maximum atomic E-state index is 12.3. The van der Waals surface area contributed by atoms with E-state index >= 15 is 0 Å². The summed E-state index contributed by atoms with van der Waals surface area (Å²) in [5.41, 5.74) is 1.41. The topological polar surface area (TPSA) is 58.6 Å². The summed E-state index contributed by atoms with van der Waals surface area (Å²) in [6.07, 6.45) is 0.214. The predicted octanol–water partition coefficient (Wildman–Crippen LogP) is 3.89. The zero-order valence-electron chi connectivity index (χ0n) is 14.6. The number of nitrogens with one attached hydrogen (secondary N) is 1. The highest BCUT2D eigenvalue weighted by Gasteiger charge is 2.13. The van der Waals surface area contributed by atoms with Crippen LogP contribution in [0.1, 0.15) is 22.3 Å². The van der Waals surface area contributed by atoms with Gasteiger partial charge in [0.15, 0.2) is 0 Å². The van der Waals surface area contributed by atoms with Gasteiger partial charge in [0.2, 0.25) is 5.91 Å². The molecule has 0 aromatic heterocycles. The van der Waals surface area contributed by atoms with Crippen LogP contribution in [0.15, 0.2) is 46.9 Å². The minimum Gasteiger partial charge on any atom is -0.496 e. The van der Waals surface area contributed by atoms with Crippen LogP contribution in [0.3, 0.4) is 0 Å². The van der Waals surface area contributed by atoms with Gasteiger partial charge in [-0.25, -0.2) is 0 Å². The normalized spacial score (nSPS) is 10.3. The number of amides is 2. The van der Waals surface area contributed by atoms with Crippen molar-refractivity contribution in [3.8, 4) is 5.75 Å². The summed E-state index contributed by atoms with van der Waals surface area (Å²) in [4.78, 5) is 25.9. The lowest BCUT2D eigenvalue weighted by molar-refractivity contribution is -0.130. The van der Waals surface area contributed by atoms with E-state index in [9.17, 15) is 9.59 Å². The maximum absolute atomic E-state index is 12.3. The molecule has 0 atom stereocenters. The number of benzene rings is 2. The van der Waals surface area contributed by atoms with E-state index in [1.165, 1.54) is 0 Å². The van der Waals surface area contributed by atoms with Crippen LogP contribution in [0.2, 0.25) is 5.02 Å². The molecule has 2 aromatic rings. The molecule has 0 aliphatic carbocycles. The maximum Gasteiger partial charge on any atom is 0.251 e. The van der Waals surface area contributed by atoms with E-state index in [0.717, 1.165) is 15.8 Å². The van der Waals surface area contributed by atoms with Crippen molar-refractivity contribution in [3.63, 3.8) is 0 Å². The number of carbonyl (C=O) groups is 2. The molecule has 2 rings (SSSR count). The molecule has 5 nitrogen and oxygen atoms in total. The molecule has 2 amide bonds. The molecule has 26 heavy (non-hydrogen) atoms. The SMILES string of the molecule is COc1ccc(Br)cc1CN(C)C(=O)CCNC(=O)c1ccc(Cl)cc1. The average molecular weight is 440 g/mol. The Hall–Kier alpha value is -2.05. The van der Waals surface area contributed by atoms with E-state index in [-0.39, 0.29) is 24.8 Å². The van der Waals surface area contributed by atoms with Gasteiger partial charge in [-0.2, -0.15) is 0 Å². The molecule has 2 aromatic carbocycles. The Balaban J connectivity index is 1.84. The van der Waals surface area contributed by atoms with Gasteiger partial charge in [0.1, 0.15) is 5.75 Å². The van der Waals surface area contributed by atoms with Gasteiger partial charge in [-0.3, -0.25) is 9.59 Å². The molecule has 0 aliphatic rings.